The van der Waals surface area contributed by atoms with E-state index in [2.05, 4.69) is 4.74 Å². The molecule has 0 saturated heterocycles. The Labute approximate surface area is 38.5 Å². The maximum Gasteiger partial charge on any atom is 0.302 e. The minimum atomic E-state index is -0.456. The number of rotatable bonds is 1. The van der Waals surface area contributed by atoms with E-state index in [0.29, 0.717) is 6.61 Å². The summed E-state index contributed by atoms with van der Waals surface area (Å²) in [5.74, 6) is -0.456. The van der Waals surface area contributed by atoms with Crippen LogP contribution in [0.3, 0.4) is 0 Å². The van der Waals surface area contributed by atoms with Gasteiger partial charge in [-0.05, 0) is 6.92 Å². The van der Waals surface area contributed by atoms with Crippen molar-refractivity contribution in [3.05, 3.63) is 0 Å². The molecule has 0 aliphatic heterocycles. The van der Waals surface area contributed by atoms with Crippen molar-refractivity contribution in [2.75, 3.05) is 6.61 Å². The first-order chi connectivity index (χ1) is 3.31. The number of ether oxygens (including phenoxy) is 1. The summed E-state index contributed by atoms with van der Waals surface area (Å²) in [4.78, 5) is 10.0. The van der Waals surface area contributed by atoms with Crippen molar-refractivity contribution in [1.82, 2.24) is 0 Å². The van der Waals surface area contributed by atoms with Gasteiger partial charge in [0.15, 0.2) is 0 Å². The summed E-state index contributed by atoms with van der Waals surface area (Å²) in [6.07, 6.45) is 0. The number of esters is 1. The molecule has 0 unspecified atom stereocenters. The van der Waals surface area contributed by atoms with E-state index in [0.717, 1.165) is 0 Å². The lowest BCUT2D eigenvalue weighted by Crippen LogP contribution is -1.95. The molecule has 2 heteroatoms. The largest absolute Gasteiger partial charge is 0.466 e. The first-order valence-electron chi connectivity index (χ1n) is 2.46. The van der Waals surface area contributed by atoms with E-state index >= 15 is 0 Å². The van der Waals surface area contributed by atoms with E-state index < -0.39 is 5.97 Å². The molecule has 0 bridgehead atoms. The number of hydrogen-bond acceptors (Lipinski definition) is 2. The van der Waals surface area contributed by atoms with Gasteiger partial charge in [0.2, 0.25) is 0 Å². The highest BCUT2D eigenvalue weighted by atomic mass is 16.5. The Morgan fingerprint density at radius 3 is 3.00 bits per heavy atom. The number of carbonyl (C=O) groups excluding carboxylic acids is 1. The molecule has 0 rings (SSSR count). The SMILES string of the molecule is [3H]CC(=O)OCC. The molecule has 6 heavy (non-hydrogen) atoms. The van der Waals surface area contributed by atoms with Crippen LogP contribution >= 0.6 is 0 Å². The zero-order valence-corrected chi connectivity index (χ0v) is 3.73. The summed E-state index contributed by atoms with van der Waals surface area (Å²) < 4.78 is 10.8. The van der Waals surface area contributed by atoms with Gasteiger partial charge in [-0.3, -0.25) is 4.79 Å². The standard InChI is InChI=1S/C4H8O2/c1-3-6-4(2)5/h3H2,1-2H3/i2T. The van der Waals surface area contributed by atoms with Crippen LogP contribution in [0.2, 0.25) is 0 Å². The van der Waals surface area contributed by atoms with Crippen molar-refractivity contribution < 1.29 is 10.9 Å². The molecule has 0 aliphatic rings. The lowest BCUT2D eigenvalue weighted by atomic mass is 10.8. The quantitative estimate of drug-likeness (QED) is 0.440. The maximum absolute atomic E-state index is 10.0. The third-order valence-corrected chi connectivity index (χ3v) is 0.305. The Balaban J connectivity index is 3.00. The second-order valence-corrected chi connectivity index (χ2v) is 0.805. The first-order valence-corrected chi connectivity index (χ1v) is 1.76. The van der Waals surface area contributed by atoms with E-state index in [9.17, 15) is 4.79 Å². The summed E-state index contributed by atoms with van der Waals surface area (Å²) in [7, 11) is 0. The summed E-state index contributed by atoms with van der Waals surface area (Å²) in [5.41, 5.74) is 0. The van der Waals surface area contributed by atoms with Gasteiger partial charge in [-0.25, -0.2) is 0 Å². The highest BCUT2D eigenvalue weighted by Gasteiger charge is 1.81. The highest BCUT2D eigenvalue weighted by molar-refractivity contribution is 5.65. The van der Waals surface area contributed by atoms with Gasteiger partial charge in [0, 0.05) is 8.27 Å². The smallest absolute Gasteiger partial charge is 0.302 e. The number of carbonyl (C=O) groups is 1. The van der Waals surface area contributed by atoms with Crippen LogP contribution < -0.4 is 0 Å². The van der Waals surface area contributed by atoms with Crippen molar-refractivity contribution in [2.24, 2.45) is 0 Å². The van der Waals surface area contributed by atoms with Gasteiger partial charge >= 0.3 is 5.97 Å². The lowest BCUT2D eigenvalue weighted by Gasteiger charge is -1.89. The second-order valence-electron chi connectivity index (χ2n) is 0.805. The maximum atomic E-state index is 10.0. The van der Waals surface area contributed by atoms with Gasteiger partial charge in [-0.1, -0.05) is 0 Å². The van der Waals surface area contributed by atoms with Crippen molar-refractivity contribution in [1.29, 1.82) is 0 Å². The van der Waals surface area contributed by atoms with Crippen LogP contribution in [-0.4, -0.2) is 12.6 Å². The fraction of sp³-hybridized carbons (Fsp3) is 0.750. The Morgan fingerprint density at radius 1 is 2.17 bits per heavy atom. The minimum Gasteiger partial charge on any atom is -0.466 e. The summed E-state index contributed by atoms with van der Waals surface area (Å²) in [5, 5.41) is 0. The van der Waals surface area contributed by atoms with E-state index in [-0.39, 0.29) is 6.90 Å². The van der Waals surface area contributed by atoms with Crippen LogP contribution in [0, 0.1) is 0 Å². The van der Waals surface area contributed by atoms with Gasteiger partial charge in [0.05, 0.1) is 6.61 Å². The van der Waals surface area contributed by atoms with Gasteiger partial charge < -0.3 is 4.74 Å². The van der Waals surface area contributed by atoms with E-state index in [4.69, 9.17) is 1.37 Å². The molecule has 0 spiro atoms. The monoisotopic (exact) mass is 90.1 g/mol. The van der Waals surface area contributed by atoms with Crippen LogP contribution in [0.25, 0.3) is 0 Å². The molecule has 0 N–H and O–H groups in total. The molecule has 0 atom stereocenters. The molecule has 0 aromatic rings. The zero-order valence-electron chi connectivity index (χ0n) is 4.73. The minimum absolute atomic E-state index is 0.270. The fourth-order valence-corrected chi connectivity index (χ4v) is 0.161. The van der Waals surface area contributed by atoms with Crippen molar-refractivity contribution in [3.8, 4) is 0 Å². The normalized spacial score (nSPS) is 9.83. The molecular formula is C4H8O2. The van der Waals surface area contributed by atoms with E-state index in [1.807, 2.05) is 0 Å². The molecule has 0 fully saturated rings. The van der Waals surface area contributed by atoms with Gasteiger partial charge in [0.25, 0.3) is 0 Å². The average molecular weight is 90.1 g/mol. The predicted molar refractivity (Wildman–Crippen MR) is 22.3 cm³/mol. The topological polar surface area (TPSA) is 26.3 Å². The summed E-state index contributed by atoms with van der Waals surface area (Å²) >= 11 is 0. The van der Waals surface area contributed by atoms with Crippen LogP contribution in [-0.2, 0) is 9.53 Å². The van der Waals surface area contributed by atoms with E-state index in [1.54, 1.807) is 6.92 Å². The van der Waals surface area contributed by atoms with Gasteiger partial charge in [-0.15, -0.1) is 0 Å². The first kappa shape index (κ1) is 3.65. The molecule has 0 aromatic carbocycles. The Kier molecular flexibility index (Phi) is 1.64. The van der Waals surface area contributed by atoms with E-state index in [1.165, 1.54) is 0 Å². The Hall–Kier alpha value is -0.530. The van der Waals surface area contributed by atoms with Crippen LogP contribution in [0.5, 0.6) is 0 Å². The molecule has 0 radical (unpaired) electrons. The van der Waals surface area contributed by atoms with Gasteiger partial charge in [-0.2, -0.15) is 0 Å². The van der Waals surface area contributed by atoms with Crippen LogP contribution in [0.4, 0.5) is 0 Å². The average Bonchev–Trinajstić information content (AvgIpc) is 1.68. The number of hydrogen-bond donors (Lipinski definition) is 0. The van der Waals surface area contributed by atoms with Crippen molar-refractivity contribution in [2.45, 2.75) is 13.8 Å². The summed E-state index contributed by atoms with van der Waals surface area (Å²) in [6.45, 7) is 1.82. The molecule has 0 heterocycles. The molecule has 0 aliphatic carbocycles. The van der Waals surface area contributed by atoms with Crippen molar-refractivity contribution in [3.63, 3.8) is 0 Å². The van der Waals surface area contributed by atoms with Crippen molar-refractivity contribution >= 4 is 5.97 Å². The highest BCUT2D eigenvalue weighted by Crippen LogP contribution is 1.69. The predicted octanol–water partition coefficient (Wildman–Crippen LogP) is 0.569. The molecule has 0 amide bonds. The molecule has 36 valence electrons. The van der Waals surface area contributed by atoms with Crippen LogP contribution in [0.1, 0.15) is 15.2 Å². The molecular weight excluding hydrogens is 80.0 g/mol. The Bertz CT molecular complexity index is 62.7. The lowest BCUT2D eigenvalue weighted by molar-refractivity contribution is -0.140. The zero-order chi connectivity index (χ0) is 5.70. The van der Waals surface area contributed by atoms with Gasteiger partial charge in [0.1, 0.15) is 0 Å². The molecule has 2 nitrogen and oxygen atoms in total. The summed E-state index contributed by atoms with van der Waals surface area (Å²) in [6, 6.07) is 0. The third-order valence-electron chi connectivity index (χ3n) is 0.305. The fourth-order valence-electron chi connectivity index (χ4n) is 0.161. The van der Waals surface area contributed by atoms with Crippen LogP contribution in [0.15, 0.2) is 0 Å². The second kappa shape index (κ2) is 2.69. The Morgan fingerprint density at radius 2 is 2.83 bits per heavy atom. The molecule has 0 aromatic heterocycles. The third kappa shape index (κ3) is 3.47. The molecule has 0 saturated carbocycles.